The van der Waals surface area contributed by atoms with Crippen LogP contribution in [0.25, 0.3) is 0 Å². The lowest BCUT2D eigenvalue weighted by atomic mass is 9.95. The van der Waals surface area contributed by atoms with E-state index >= 15 is 0 Å². The van der Waals surface area contributed by atoms with Gasteiger partial charge in [0.25, 0.3) is 0 Å². The summed E-state index contributed by atoms with van der Waals surface area (Å²) < 4.78 is 27.0. The van der Waals surface area contributed by atoms with Gasteiger partial charge in [-0.25, -0.2) is 9.59 Å². The molecule has 0 spiro atoms. The molecule has 1 aliphatic heterocycles. The zero-order valence-corrected chi connectivity index (χ0v) is 23.5. The highest BCUT2D eigenvalue weighted by Gasteiger charge is 2.32. The summed E-state index contributed by atoms with van der Waals surface area (Å²) in [5, 5.41) is 19.7. The predicted molar refractivity (Wildman–Crippen MR) is 148 cm³/mol. The van der Waals surface area contributed by atoms with E-state index in [1.54, 1.807) is 50.2 Å². The second-order valence-electron chi connectivity index (χ2n) is 8.65. The largest absolute Gasteiger partial charge is 0.490 e. The van der Waals surface area contributed by atoms with E-state index in [2.05, 4.69) is 21.2 Å². The third kappa shape index (κ3) is 8.35. The van der Waals surface area contributed by atoms with E-state index in [0.717, 1.165) is 0 Å². The molecular formula is C28H34N4O9. The van der Waals surface area contributed by atoms with Gasteiger partial charge in [0.2, 0.25) is 0 Å². The van der Waals surface area contributed by atoms with E-state index in [4.69, 9.17) is 23.7 Å². The summed E-state index contributed by atoms with van der Waals surface area (Å²) in [4.78, 5) is 35.8. The van der Waals surface area contributed by atoms with Crippen molar-refractivity contribution in [3.05, 3.63) is 58.8 Å². The summed E-state index contributed by atoms with van der Waals surface area (Å²) in [7, 11) is 1.27. The maximum Gasteiger partial charge on any atom is 0.337 e. The molecule has 2 amide bonds. The summed E-state index contributed by atoms with van der Waals surface area (Å²) in [6, 6.07) is 8.65. The Bertz CT molecular complexity index is 1330. The molecule has 0 aromatic heterocycles. The van der Waals surface area contributed by atoms with Gasteiger partial charge in [-0.1, -0.05) is 6.07 Å². The number of rotatable bonds is 13. The van der Waals surface area contributed by atoms with Crippen LogP contribution in [0.15, 0.2) is 52.8 Å². The smallest absolute Gasteiger partial charge is 0.337 e. The molecule has 0 saturated heterocycles. The minimum atomic E-state index is -1.17. The first-order valence-corrected chi connectivity index (χ1v) is 12.8. The molecule has 4 N–H and O–H groups in total. The fourth-order valence-electron chi connectivity index (χ4n) is 3.93. The van der Waals surface area contributed by atoms with Crippen molar-refractivity contribution < 1.29 is 43.2 Å². The quantitative estimate of drug-likeness (QED) is 0.0924. The van der Waals surface area contributed by atoms with Gasteiger partial charge in [-0.2, -0.15) is 5.10 Å². The van der Waals surface area contributed by atoms with E-state index in [1.807, 2.05) is 6.92 Å². The van der Waals surface area contributed by atoms with E-state index < -0.39 is 30.2 Å². The van der Waals surface area contributed by atoms with Gasteiger partial charge in [-0.3, -0.25) is 10.2 Å². The van der Waals surface area contributed by atoms with E-state index in [1.165, 1.54) is 20.2 Å². The van der Waals surface area contributed by atoms with Crippen molar-refractivity contribution >= 4 is 24.2 Å². The average Bonchev–Trinajstić information content (AvgIpc) is 2.93. The van der Waals surface area contributed by atoms with Crippen molar-refractivity contribution in [1.29, 1.82) is 0 Å². The number of hydrazone groups is 1. The monoisotopic (exact) mass is 570 g/mol. The van der Waals surface area contributed by atoms with Crippen LogP contribution in [0.4, 0.5) is 4.79 Å². The number of allylic oxidation sites excluding steroid dienone is 1. The Labute approximate surface area is 237 Å². The van der Waals surface area contributed by atoms with Gasteiger partial charge < -0.3 is 39.4 Å². The fourth-order valence-corrected chi connectivity index (χ4v) is 3.93. The van der Waals surface area contributed by atoms with Gasteiger partial charge in [0.1, 0.15) is 6.61 Å². The molecule has 0 bridgehead atoms. The van der Waals surface area contributed by atoms with Crippen LogP contribution < -0.4 is 35.0 Å². The number of nitrogens with one attached hydrogen (secondary N) is 3. The van der Waals surface area contributed by atoms with Crippen molar-refractivity contribution in [1.82, 2.24) is 16.1 Å². The zero-order valence-electron chi connectivity index (χ0n) is 23.5. The summed E-state index contributed by atoms with van der Waals surface area (Å²) >= 11 is 0. The first kappa shape index (κ1) is 30.8. The third-order valence-electron chi connectivity index (χ3n) is 5.63. The molecule has 13 heteroatoms. The highest BCUT2D eigenvalue weighted by Crippen LogP contribution is 2.35. The highest BCUT2D eigenvalue weighted by molar-refractivity contribution is 5.95. The summed E-state index contributed by atoms with van der Waals surface area (Å²) in [6.07, 6.45) is 0.290. The molecule has 1 aliphatic rings. The Balaban J connectivity index is 1.68. The summed E-state index contributed by atoms with van der Waals surface area (Å²) in [5.41, 5.74) is 4.42. The molecule has 0 unspecified atom stereocenters. The lowest BCUT2D eigenvalue weighted by Crippen LogP contribution is -2.45. The van der Waals surface area contributed by atoms with Crippen molar-refractivity contribution in [2.75, 3.05) is 26.9 Å². The Morgan fingerprint density at radius 1 is 1.05 bits per heavy atom. The molecule has 1 heterocycles. The molecule has 3 rings (SSSR count). The molecule has 2 aromatic carbocycles. The molecule has 41 heavy (non-hydrogen) atoms. The van der Waals surface area contributed by atoms with Crippen LogP contribution in [-0.2, 0) is 14.3 Å². The average molecular weight is 571 g/mol. The van der Waals surface area contributed by atoms with Crippen LogP contribution in [0, 0.1) is 0 Å². The van der Waals surface area contributed by atoms with Gasteiger partial charge in [-0.15, -0.1) is 0 Å². The Hall–Kier alpha value is -4.78. The van der Waals surface area contributed by atoms with E-state index in [-0.39, 0.29) is 12.2 Å². The van der Waals surface area contributed by atoms with Crippen molar-refractivity contribution in [2.45, 2.75) is 40.0 Å². The number of aliphatic hydroxyl groups is 1. The highest BCUT2D eigenvalue weighted by atomic mass is 16.6. The van der Waals surface area contributed by atoms with Crippen LogP contribution >= 0.6 is 0 Å². The molecule has 0 radical (unpaired) electrons. The predicted octanol–water partition coefficient (Wildman–Crippen LogP) is 2.53. The maximum atomic E-state index is 12.4. The Morgan fingerprint density at radius 3 is 2.39 bits per heavy atom. The number of ether oxygens (including phenoxy) is 5. The number of methoxy groups -OCH3 is 1. The first-order valence-electron chi connectivity index (χ1n) is 12.8. The fraction of sp³-hybridized carbons (Fsp3) is 0.357. The second-order valence-corrected chi connectivity index (χ2v) is 8.65. The third-order valence-corrected chi connectivity index (χ3v) is 5.63. The standard InChI is InChI=1S/C28H34N4O9/c1-6-38-22-12-18(8-10-21(22)41-17(4)33)14-29-32-24(34)15-40-20-11-9-19(13-23(20)39-7-2)26-25(27(35)37-5)16(3)30-28(36)31-26/h8-14,24,26,32,34H,6-7,15H2,1-5H3,(H2,30,31,36)/b29-14+/t24-,26-/m0/s1. The topological polar surface area (TPSA) is 166 Å². The van der Waals surface area contributed by atoms with Crippen molar-refractivity contribution in [2.24, 2.45) is 5.10 Å². The van der Waals surface area contributed by atoms with Crippen LogP contribution in [0.1, 0.15) is 44.9 Å². The summed E-state index contributed by atoms with van der Waals surface area (Å²) in [5.74, 6) is 0.327. The number of carbonyl (C=O) groups excluding carboxylic acids is 3. The van der Waals surface area contributed by atoms with E-state index in [9.17, 15) is 19.5 Å². The maximum absolute atomic E-state index is 12.4. The SMILES string of the molecule is CCOc1cc([C@@H]2NC(=O)NC(C)=C2C(=O)OC)ccc1OC[C@H](O)N/N=C/c1ccc(OC(C)=O)c(OCC)c1. The first-order chi connectivity index (χ1) is 19.7. The number of aliphatic hydroxyl groups excluding tert-OH is 1. The number of hydrogen-bond donors (Lipinski definition) is 4. The minimum absolute atomic E-state index is 0.178. The van der Waals surface area contributed by atoms with Crippen LogP contribution in [0.5, 0.6) is 23.0 Å². The zero-order chi connectivity index (χ0) is 29.9. The van der Waals surface area contributed by atoms with Crippen molar-refractivity contribution in [3.63, 3.8) is 0 Å². The number of benzene rings is 2. The van der Waals surface area contributed by atoms with Gasteiger partial charge in [0, 0.05) is 12.6 Å². The number of hydrogen-bond acceptors (Lipinski definition) is 11. The van der Waals surface area contributed by atoms with Gasteiger partial charge in [0.15, 0.2) is 29.2 Å². The lowest BCUT2D eigenvalue weighted by Gasteiger charge is -2.28. The molecule has 220 valence electrons. The summed E-state index contributed by atoms with van der Waals surface area (Å²) in [6.45, 7) is 7.05. The number of esters is 2. The normalized spacial score (nSPS) is 15.5. The molecule has 13 nitrogen and oxygen atoms in total. The number of amides is 2. The Morgan fingerprint density at radius 2 is 1.73 bits per heavy atom. The van der Waals surface area contributed by atoms with Crippen LogP contribution in [-0.4, -0.2) is 62.4 Å². The molecule has 0 aliphatic carbocycles. The van der Waals surface area contributed by atoms with Crippen LogP contribution in [0.3, 0.4) is 0 Å². The molecule has 0 fully saturated rings. The number of urea groups is 1. The van der Waals surface area contributed by atoms with Gasteiger partial charge in [-0.05, 0) is 62.2 Å². The molecular weight excluding hydrogens is 536 g/mol. The van der Waals surface area contributed by atoms with Gasteiger partial charge >= 0.3 is 18.0 Å². The molecule has 0 saturated carbocycles. The number of nitrogens with zero attached hydrogens (tertiary/aromatic N) is 1. The Kier molecular flexibility index (Phi) is 10.9. The van der Waals surface area contributed by atoms with Crippen LogP contribution in [0.2, 0.25) is 0 Å². The second kappa shape index (κ2) is 14.6. The van der Waals surface area contributed by atoms with Crippen molar-refractivity contribution in [3.8, 4) is 23.0 Å². The van der Waals surface area contributed by atoms with Gasteiger partial charge in [0.05, 0.1) is 38.2 Å². The van der Waals surface area contributed by atoms with E-state index in [0.29, 0.717) is 53.0 Å². The molecule has 2 aromatic rings. The lowest BCUT2D eigenvalue weighted by molar-refractivity contribution is -0.136. The molecule has 2 atom stereocenters. The minimum Gasteiger partial charge on any atom is -0.490 e. The number of carbonyl (C=O) groups is 3.